The largest absolute Gasteiger partial charge is 0.391 e. The molecule has 1 heterocycles. The molecule has 2 unspecified atom stereocenters. The molecule has 16 heavy (non-hydrogen) atoms. The summed E-state index contributed by atoms with van der Waals surface area (Å²) in [5, 5.41) is 12.5. The highest BCUT2D eigenvalue weighted by Crippen LogP contribution is 2.13. The molecular weight excluding hydrogens is 204 g/mol. The molecule has 0 saturated carbocycles. The van der Waals surface area contributed by atoms with Crippen molar-refractivity contribution in [1.29, 1.82) is 0 Å². The van der Waals surface area contributed by atoms with Gasteiger partial charge in [-0.2, -0.15) is 0 Å². The number of likely N-dealkylation sites (tertiary alicyclic amines) is 1. The Morgan fingerprint density at radius 1 is 1.56 bits per heavy atom. The second-order valence-electron chi connectivity index (χ2n) is 4.56. The van der Waals surface area contributed by atoms with E-state index in [4.69, 9.17) is 0 Å². The molecule has 1 fully saturated rings. The highest BCUT2D eigenvalue weighted by molar-refractivity contribution is 5.82. The maximum Gasteiger partial charge on any atom is 0.239 e. The zero-order valence-corrected chi connectivity index (χ0v) is 10.4. The Balaban J connectivity index is 2.36. The lowest BCUT2D eigenvalue weighted by atomic mass is 10.1. The average molecular weight is 228 g/mol. The van der Waals surface area contributed by atoms with Gasteiger partial charge in [-0.15, -0.1) is 0 Å². The number of likely N-dealkylation sites (N-methyl/N-ethyl adjacent to an activating group) is 1. The third kappa shape index (κ3) is 3.76. The summed E-state index contributed by atoms with van der Waals surface area (Å²) in [5.41, 5.74) is 0. The number of unbranched alkanes of at least 4 members (excludes halogenated alkanes) is 2. The monoisotopic (exact) mass is 228 g/mol. The molecule has 94 valence electrons. The van der Waals surface area contributed by atoms with Gasteiger partial charge in [-0.3, -0.25) is 4.79 Å². The molecule has 1 amide bonds. The van der Waals surface area contributed by atoms with Crippen LogP contribution < -0.4 is 5.32 Å². The van der Waals surface area contributed by atoms with Crippen molar-refractivity contribution in [2.45, 2.75) is 51.2 Å². The summed E-state index contributed by atoms with van der Waals surface area (Å²) in [7, 11) is 1.83. The van der Waals surface area contributed by atoms with Gasteiger partial charge >= 0.3 is 0 Å². The van der Waals surface area contributed by atoms with E-state index in [1.54, 1.807) is 4.90 Å². The molecular formula is C12H24N2O2. The first kappa shape index (κ1) is 13.5. The van der Waals surface area contributed by atoms with E-state index in [1.165, 1.54) is 12.8 Å². The molecule has 1 saturated heterocycles. The minimum absolute atomic E-state index is 0.0724. The topological polar surface area (TPSA) is 52.6 Å². The Labute approximate surface area is 98.0 Å². The van der Waals surface area contributed by atoms with Crippen molar-refractivity contribution in [2.24, 2.45) is 0 Å². The van der Waals surface area contributed by atoms with Crippen LogP contribution in [0.2, 0.25) is 0 Å². The summed E-state index contributed by atoms with van der Waals surface area (Å²) >= 11 is 0. The molecule has 2 atom stereocenters. The first-order valence-corrected chi connectivity index (χ1v) is 6.33. The zero-order valence-electron chi connectivity index (χ0n) is 10.4. The number of carbonyl (C=O) groups excluding carboxylic acids is 1. The van der Waals surface area contributed by atoms with E-state index >= 15 is 0 Å². The predicted octanol–water partition coefficient (Wildman–Crippen LogP) is 0.748. The van der Waals surface area contributed by atoms with Crippen molar-refractivity contribution < 1.29 is 9.90 Å². The van der Waals surface area contributed by atoms with Gasteiger partial charge in [0.15, 0.2) is 0 Å². The fourth-order valence-corrected chi connectivity index (χ4v) is 2.15. The standard InChI is InChI=1S/C12H24N2O2/c1-3-4-5-6-11(13-2)12(16)14-8-7-10(15)9-14/h10-11,13,15H,3-9H2,1-2H3. The second-order valence-corrected chi connectivity index (χ2v) is 4.56. The van der Waals surface area contributed by atoms with Crippen LogP contribution in [-0.4, -0.2) is 48.2 Å². The first-order chi connectivity index (χ1) is 7.69. The second kappa shape index (κ2) is 6.86. The Bertz CT molecular complexity index is 221. The summed E-state index contributed by atoms with van der Waals surface area (Å²) in [5.74, 6) is 0.148. The smallest absolute Gasteiger partial charge is 0.239 e. The molecule has 0 bridgehead atoms. The molecule has 4 nitrogen and oxygen atoms in total. The molecule has 0 radical (unpaired) electrons. The summed E-state index contributed by atoms with van der Waals surface area (Å²) in [6.07, 6.45) is 4.73. The van der Waals surface area contributed by atoms with E-state index < -0.39 is 0 Å². The van der Waals surface area contributed by atoms with E-state index in [2.05, 4.69) is 12.2 Å². The number of aliphatic hydroxyl groups excluding tert-OH is 1. The van der Waals surface area contributed by atoms with Crippen LogP contribution in [0.1, 0.15) is 39.0 Å². The number of aliphatic hydroxyl groups is 1. The van der Waals surface area contributed by atoms with E-state index in [0.717, 1.165) is 19.3 Å². The van der Waals surface area contributed by atoms with Gasteiger partial charge in [0.2, 0.25) is 5.91 Å². The van der Waals surface area contributed by atoms with Crippen LogP contribution in [-0.2, 0) is 4.79 Å². The molecule has 1 aliphatic rings. The van der Waals surface area contributed by atoms with Gasteiger partial charge < -0.3 is 15.3 Å². The number of rotatable bonds is 6. The lowest BCUT2D eigenvalue weighted by molar-refractivity contribution is -0.132. The maximum atomic E-state index is 12.1. The molecule has 1 aliphatic heterocycles. The average Bonchev–Trinajstić information content (AvgIpc) is 2.70. The van der Waals surface area contributed by atoms with Crippen LogP contribution in [0, 0.1) is 0 Å². The quantitative estimate of drug-likeness (QED) is 0.660. The van der Waals surface area contributed by atoms with Crippen molar-refractivity contribution in [1.82, 2.24) is 10.2 Å². The number of nitrogens with zero attached hydrogens (tertiary/aromatic N) is 1. The summed E-state index contributed by atoms with van der Waals surface area (Å²) in [6, 6.07) is -0.0724. The molecule has 0 aromatic heterocycles. The number of hydrogen-bond donors (Lipinski definition) is 2. The number of hydrogen-bond acceptors (Lipinski definition) is 3. The van der Waals surface area contributed by atoms with Crippen molar-refractivity contribution in [3.63, 3.8) is 0 Å². The number of amides is 1. The van der Waals surface area contributed by atoms with Crippen LogP contribution in [0.5, 0.6) is 0 Å². The fourth-order valence-electron chi connectivity index (χ4n) is 2.15. The van der Waals surface area contributed by atoms with Crippen molar-refractivity contribution in [3.05, 3.63) is 0 Å². The van der Waals surface area contributed by atoms with E-state index in [1.807, 2.05) is 7.05 Å². The van der Waals surface area contributed by atoms with Gasteiger partial charge in [0.25, 0.3) is 0 Å². The Morgan fingerprint density at radius 2 is 2.31 bits per heavy atom. The normalized spacial score (nSPS) is 22.4. The SMILES string of the molecule is CCCCCC(NC)C(=O)N1CCC(O)C1. The molecule has 4 heteroatoms. The number of nitrogens with one attached hydrogen (secondary N) is 1. The summed E-state index contributed by atoms with van der Waals surface area (Å²) < 4.78 is 0. The van der Waals surface area contributed by atoms with E-state index in [-0.39, 0.29) is 18.1 Å². The molecule has 0 spiro atoms. The van der Waals surface area contributed by atoms with Crippen LogP contribution in [0.4, 0.5) is 0 Å². The van der Waals surface area contributed by atoms with Gasteiger partial charge in [-0.05, 0) is 19.9 Å². The van der Waals surface area contributed by atoms with Crippen LogP contribution in [0.15, 0.2) is 0 Å². The van der Waals surface area contributed by atoms with Gasteiger partial charge in [0.1, 0.15) is 0 Å². The van der Waals surface area contributed by atoms with Gasteiger partial charge in [-0.25, -0.2) is 0 Å². The predicted molar refractivity (Wildman–Crippen MR) is 64.2 cm³/mol. The van der Waals surface area contributed by atoms with E-state index in [9.17, 15) is 9.90 Å². The fraction of sp³-hybridized carbons (Fsp3) is 0.917. The molecule has 1 rings (SSSR count). The summed E-state index contributed by atoms with van der Waals surface area (Å²) in [6.45, 7) is 3.36. The van der Waals surface area contributed by atoms with Gasteiger partial charge in [-0.1, -0.05) is 26.2 Å². The number of carbonyl (C=O) groups is 1. The third-order valence-electron chi connectivity index (χ3n) is 3.22. The molecule has 0 aromatic rings. The van der Waals surface area contributed by atoms with E-state index in [0.29, 0.717) is 13.1 Å². The van der Waals surface area contributed by atoms with Crippen molar-refractivity contribution >= 4 is 5.91 Å². The third-order valence-corrected chi connectivity index (χ3v) is 3.22. The van der Waals surface area contributed by atoms with Crippen molar-refractivity contribution in [2.75, 3.05) is 20.1 Å². The minimum atomic E-state index is -0.322. The molecule has 0 aromatic carbocycles. The van der Waals surface area contributed by atoms with Crippen LogP contribution in [0.25, 0.3) is 0 Å². The van der Waals surface area contributed by atoms with Gasteiger partial charge in [0.05, 0.1) is 12.1 Å². The Hall–Kier alpha value is -0.610. The van der Waals surface area contributed by atoms with Crippen molar-refractivity contribution in [3.8, 4) is 0 Å². The van der Waals surface area contributed by atoms with Gasteiger partial charge in [0, 0.05) is 13.1 Å². The lowest BCUT2D eigenvalue weighted by Crippen LogP contribution is -2.44. The number of β-amino-alcohol motifs (C(OH)–C–C–N with tert-alkyl or cyclic N) is 1. The van der Waals surface area contributed by atoms with Crippen LogP contribution >= 0.6 is 0 Å². The highest BCUT2D eigenvalue weighted by Gasteiger charge is 2.28. The maximum absolute atomic E-state index is 12.1. The first-order valence-electron chi connectivity index (χ1n) is 6.33. The minimum Gasteiger partial charge on any atom is -0.391 e. The Morgan fingerprint density at radius 3 is 2.81 bits per heavy atom. The summed E-state index contributed by atoms with van der Waals surface area (Å²) in [4.78, 5) is 13.8. The lowest BCUT2D eigenvalue weighted by Gasteiger charge is -2.22. The molecule has 2 N–H and O–H groups in total. The Kier molecular flexibility index (Phi) is 5.77. The van der Waals surface area contributed by atoms with Crippen LogP contribution in [0.3, 0.4) is 0 Å². The highest BCUT2D eigenvalue weighted by atomic mass is 16.3. The molecule has 0 aliphatic carbocycles. The zero-order chi connectivity index (χ0) is 12.0.